The zero-order chi connectivity index (χ0) is 23.1. The maximum Gasteiger partial charge on any atom is 0.373 e. The summed E-state index contributed by atoms with van der Waals surface area (Å²) in [5.74, 6) is 0.391. The summed E-state index contributed by atoms with van der Waals surface area (Å²) in [5.41, 5.74) is 0.0327. The molecule has 0 amide bonds. The van der Waals surface area contributed by atoms with Gasteiger partial charge in [0.15, 0.2) is 5.75 Å². The molecule has 0 atom stereocenters. The smallest absolute Gasteiger partial charge is 0.373 e. The van der Waals surface area contributed by atoms with Crippen molar-refractivity contribution < 1.29 is 9.66 Å². The van der Waals surface area contributed by atoms with Crippen molar-refractivity contribution in [1.29, 1.82) is 0 Å². The fourth-order valence-corrected chi connectivity index (χ4v) is 5.08. The van der Waals surface area contributed by atoms with Crippen LogP contribution in [0.5, 0.6) is 11.6 Å². The second kappa shape index (κ2) is 8.25. The molecule has 32 heavy (non-hydrogen) atoms. The Kier molecular flexibility index (Phi) is 5.76. The lowest BCUT2D eigenvalue weighted by molar-refractivity contribution is -0.385. The first-order valence-corrected chi connectivity index (χ1v) is 11.1. The molecule has 1 saturated heterocycles. The first-order valence-electron chi connectivity index (χ1n) is 10.3. The van der Waals surface area contributed by atoms with Gasteiger partial charge in [-0.05, 0) is 58.7 Å². The molecule has 2 aromatic heterocycles. The highest BCUT2D eigenvalue weighted by molar-refractivity contribution is 9.10. The van der Waals surface area contributed by atoms with Gasteiger partial charge in [0.25, 0.3) is 0 Å². The molecule has 0 saturated carbocycles. The van der Waals surface area contributed by atoms with Crippen molar-refractivity contribution in [3.05, 3.63) is 51.4 Å². The molecule has 9 nitrogen and oxygen atoms in total. The van der Waals surface area contributed by atoms with E-state index >= 15 is 0 Å². The van der Waals surface area contributed by atoms with Crippen molar-refractivity contribution in [3.63, 3.8) is 0 Å². The number of benzene rings is 1. The number of nitrogens with zero attached hydrogens (tertiary/aromatic N) is 4. The fraction of sp³-hybridized carbons (Fsp3) is 0.409. The van der Waals surface area contributed by atoms with E-state index in [4.69, 9.17) is 4.74 Å². The van der Waals surface area contributed by atoms with Gasteiger partial charge in [-0.15, -0.1) is 0 Å². The van der Waals surface area contributed by atoms with Gasteiger partial charge < -0.3 is 15.4 Å². The maximum atomic E-state index is 12.0. The molecule has 1 aliphatic rings. The van der Waals surface area contributed by atoms with Crippen molar-refractivity contribution in [2.75, 3.05) is 5.32 Å². The number of hydrogen-bond donors (Lipinski definition) is 2. The predicted molar refractivity (Wildman–Crippen MR) is 126 cm³/mol. The minimum atomic E-state index is -0.510. The molecule has 0 radical (unpaired) electrons. The number of hydrogen-bond acceptors (Lipinski definition) is 8. The molecule has 1 fully saturated rings. The largest absolute Gasteiger partial charge is 0.431 e. The monoisotopic (exact) mass is 500 g/mol. The molecule has 2 N–H and O–H groups in total. The molecule has 10 heteroatoms. The van der Waals surface area contributed by atoms with Crippen LogP contribution in [-0.2, 0) is 0 Å². The third kappa shape index (κ3) is 4.66. The summed E-state index contributed by atoms with van der Waals surface area (Å²) < 4.78 is 6.77. The van der Waals surface area contributed by atoms with Crippen LogP contribution in [0.15, 0.2) is 41.3 Å². The van der Waals surface area contributed by atoms with Crippen molar-refractivity contribution in [3.8, 4) is 11.6 Å². The van der Waals surface area contributed by atoms with Crippen LogP contribution in [-0.4, -0.2) is 37.0 Å². The summed E-state index contributed by atoms with van der Waals surface area (Å²) in [6, 6.07) is 7.22. The number of halogens is 1. The Labute approximate surface area is 194 Å². The van der Waals surface area contributed by atoms with Gasteiger partial charge in [-0.25, -0.2) is 4.98 Å². The number of piperidine rings is 1. The van der Waals surface area contributed by atoms with Crippen molar-refractivity contribution in [1.82, 2.24) is 20.3 Å². The molecule has 3 aromatic rings. The van der Waals surface area contributed by atoms with E-state index in [9.17, 15) is 10.1 Å². The van der Waals surface area contributed by atoms with Gasteiger partial charge in [-0.1, -0.05) is 22.0 Å². The zero-order valence-electron chi connectivity index (χ0n) is 18.3. The van der Waals surface area contributed by atoms with Crippen molar-refractivity contribution >= 4 is 38.3 Å². The lowest BCUT2D eigenvalue weighted by atomic mass is 9.79. The second-order valence-corrected chi connectivity index (χ2v) is 10.2. The van der Waals surface area contributed by atoms with E-state index < -0.39 is 4.92 Å². The lowest BCUT2D eigenvalue weighted by Gasteiger charge is -2.46. The number of nitrogens with one attached hydrogen (secondary N) is 2. The van der Waals surface area contributed by atoms with E-state index in [1.807, 2.05) is 18.2 Å². The Morgan fingerprint density at radius 2 is 1.88 bits per heavy atom. The second-order valence-electron chi connectivity index (χ2n) is 9.32. The van der Waals surface area contributed by atoms with E-state index in [1.165, 1.54) is 6.33 Å². The summed E-state index contributed by atoms with van der Waals surface area (Å²) in [6.07, 6.45) is 4.49. The molecule has 0 aliphatic carbocycles. The molecule has 0 bridgehead atoms. The minimum Gasteiger partial charge on any atom is -0.431 e. The van der Waals surface area contributed by atoms with E-state index in [1.54, 1.807) is 12.3 Å². The van der Waals surface area contributed by atoms with Gasteiger partial charge in [0.1, 0.15) is 11.8 Å². The van der Waals surface area contributed by atoms with E-state index in [0.29, 0.717) is 11.3 Å². The molecule has 1 aromatic carbocycles. The topological polar surface area (TPSA) is 115 Å². The van der Waals surface area contributed by atoms with Gasteiger partial charge >= 0.3 is 11.6 Å². The van der Waals surface area contributed by atoms with Crippen LogP contribution in [0, 0.1) is 10.1 Å². The van der Waals surface area contributed by atoms with Gasteiger partial charge in [0, 0.05) is 33.2 Å². The lowest BCUT2D eigenvalue weighted by Crippen LogP contribution is -2.60. The molecule has 168 valence electrons. The van der Waals surface area contributed by atoms with Crippen LogP contribution in [0.25, 0.3) is 10.9 Å². The molecule has 4 rings (SSSR count). The molecule has 0 unspecified atom stereocenters. The van der Waals surface area contributed by atoms with Gasteiger partial charge in [-0.2, -0.15) is 4.98 Å². The Balaban J connectivity index is 1.70. The first kappa shape index (κ1) is 22.3. The third-order valence-corrected chi connectivity index (χ3v) is 6.08. The van der Waals surface area contributed by atoms with E-state index in [2.05, 4.69) is 69.2 Å². The summed E-state index contributed by atoms with van der Waals surface area (Å²) in [6.45, 7) is 8.49. The molecular weight excluding hydrogens is 476 g/mol. The fourth-order valence-electron chi connectivity index (χ4n) is 4.62. The number of anilines is 1. The number of aromatic nitrogens is 3. The standard InChI is InChI=1S/C22H25BrN6O3/c1-21(2)10-13(11-22(3,4)28-21)27-19-18(29(30)31)20(26-12-25-19)32-16-8-7-15(23)14-6-5-9-24-17(14)16/h5-9,12-13,28H,10-11H2,1-4H3,(H,25,26,27). The Hall–Kier alpha value is -2.85. The van der Waals surface area contributed by atoms with Crippen LogP contribution in [0.1, 0.15) is 40.5 Å². The van der Waals surface area contributed by atoms with Crippen LogP contribution in [0.3, 0.4) is 0 Å². The Morgan fingerprint density at radius 3 is 2.56 bits per heavy atom. The van der Waals surface area contributed by atoms with Crippen molar-refractivity contribution in [2.45, 2.75) is 57.7 Å². The molecule has 3 heterocycles. The highest BCUT2D eigenvalue weighted by Crippen LogP contribution is 2.39. The Bertz CT molecular complexity index is 1170. The van der Waals surface area contributed by atoms with Gasteiger partial charge in [0.2, 0.25) is 5.82 Å². The summed E-state index contributed by atoms with van der Waals surface area (Å²) in [7, 11) is 0. The highest BCUT2D eigenvalue weighted by atomic mass is 79.9. The van der Waals surface area contributed by atoms with Crippen LogP contribution < -0.4 is 15.4 Å². The van der Waals surface area contributed by atoms with Crippen molar-refractivity contribution in [2.24, 2.45) is 0 Å². The summed E-state index contributed by atoms with van der Waals surface area (Å²) >= 11 is 3.49. The van der Waals surface area contributed by atoms with E-state index in [0.717, 1.165) is 22.7 Å². The summed E-state index contributed by atoms with van der Waals surface area (Å²) in [5, 5.41) is 19.7. The van der Waals surface area contributed by atoms with Gasteiger partial charge in [-0.3, -0.25) is 15.1 Å². The number of rotatable bonds is 5. The summed E-state index contributed by atoms with van der Waals surface area (Å²) in [4.78, 5) is 24.1. The quantitative estimate of drug-likeness (QED) is 0.362. The predicted octanol–water partition coefficient (Wildman–Crippen LogP) is 5.21. The average molecular weight is 501 g/mol. The average Bonchev–Trinajstić information content (AvgIpc) is 2.68. The number of fused-ring (bicyclic) bond motifs is 1. The molecular formula is C22H25BrN6O3. The highest BCUT2D eigenvalue weighted by Gasteiger charge is 2.39. The van der Waals surface area contributed by atoms with Crippen LogP contribution in [0.2, 0.25) is 0 Å². The van der Waals surface area contributed by atoms with Crippen LogP contribution in [0.4, 0.5) is 11.5 Å². The molecule has 1 aliphatic heterocycles. The number of nitro groups is 1. The SMILES string of the molecule is CC1(C)CC(Nc2ncnc(Oc3ccc(Br)c4cccnc34)c2[N+](=O)[O-])CC(C)(C)N1. The number of pyridine rings is 1. The normalized spacial score (nSPS) is 17.8. The minimum absolute atomic E-state index is 0.00197. The molecule has 0 spiro atoms. The van der Waals surface area contributed by atoms with Crippen LogP contribution >= 0.6 is 15.9 Å². The maximum absolute atomic E-state index is 12.0. The zero-order valence-corrected chi connectivity index (χ0v) is 19.9. The Morgan fingerprint density at radius 1 is 1.16 bits per heavy atom. The number of ether oxygens (including phenoxy) is 1. The van der Waals surface area contributed by atoms with E-state index in [-0.39, 0.29) is 34.5 Å². The first-order chi connectivity index (χ1) is 15.0. The van der Waals surface area contributed by atoms with Gasteiger partial charge in [0.05, 0.1) is 4.92 Å². The third-order valence-electron chi connectivity index (χ3n) is 5.39.